The van der Waals surface area contributed by atoms with Crippen molar-refractivity contribution >= 4 is 11.8 Å². The van der Waals surface area contributed by atoms with Crippen LogP contribution in [0.3, 0.4) is 0 Å². The molecule has 1 aliphatic rings. The molecule has 1 heterocycles. The minimum Gasteiger partial charge on any atom is -0.346 e. The second kappa shape index (κ2) is 5.97. The van der Waals surface area contributed by atoms with Crippen molar-refractivity contribution in [1.29, 1.82) is 0 Å². The van der Waals surface area contributed by atoms with Gasteiger partial charge in [-0.25, -0.2) is 0 Å². The highest BCUT2D eigenvalue weighted by Crippen LogP contribution is 2.19. The molecule has 17 heavy (non-hydrogen) atoms. The van der Waals surface area contributed by atoms with Gasteiger partial charge in [0, 0.05) is 19.1 Å². The van der Waals surface area contributed by atoms with Gasteiger partial charge in [0.2, 0.25) is 11.8 Å². The maximum absolute atomic E-state index is 11.8. The number of likely N-dealkylation sites (N-methyl/N-ethyl adjacent to an activating group) is 1. The van der Waals surface area contributed by atoms with Gasteiger partial charge in [0.25, 0.3) is 0 Å². The SMILES string of the molecule is CC1CN(C(=O)CNC(=O)CN)CC1N(C)C. The molecule has 0 bridgehead atoms. The van der Waals surface area contributed by atoms with Crippen LogP contribution in [0.2, 0.25) is 0 Å². The Morgan fingerprint density at radius 1 is 1.41 bits per heavy atom. The molecule has 0 aromatic heterocycles. The molecular formula is C11H22N4O2. The van der Waals surface area contributed by atoms with Crippen LogP contribution < -0.4 is 11.1 Å². The fraction of sp³-hybridized carbons (Fsp3) is 0.818. The maximum Gasteiger partial charge on any atom is 0.242 e. The van der Waals surface area contributed by atoms with Gasteiger partial charge < -0.3 is 20.9 Å². The molecule has 0 aromatic carbocycles. The predicted molar refractivity (Wildman–Crippen MR) is 65.3 cm³/mol. The summed E-state index contributed by atoms with van der Waals surface area (Å²) in [6.07, 6.45) is 0. The Bertz CT molecular complexity index is 293. The number of hydrogen-bond acceptors (Lipinski definition) is 4. The highest BCUT2D eigenvalue weighted by atomic mass is 16.2. The van der Waals surface area contributed by atoms with Gasteiger partial charge in [0.05, 0.1) is 13.1 Å². The Morgan fingerprint density at radius 2 is 2.06 bits per heavy atom. The summed E-state index contributed by atoms with van der Waals surface area (Å²) in [5.74, 6) is 0.122. The quantitative estimate of drug-likeness (QED) is 0.627. The zero-order valence-electron chi connectivity index (χ0n) is 10.8. The number of hydrogen-bond donors (Lipinski definition) is 2. The lowest BCUT2D eigenvalue weighted by molar-refractivity contribution is -0.131. The molecule has 98 valence electrons. The maximum atomic E-state index is 11.8. The Balaban J connectivity index is 2.42. The summed E-state index contributed by atoms with van der Waals surface area (Å²) in [5.41, 5.74) is 5.15. The van der Waals surface area contributed by atoms with E-state index in [1.54, 1.807) is 4.90 Å². The van der Waals surface area contributed by atoms with Crippen molar-refractivity contribution in [3.63, 3.8) is 0 Å². The largest absolute Gasteiger partial charge is 0.346 e. The Hall–Kier alpha value is -1.14. The zero-order chi connectivity index (χ0) is 13.0. The molecule has 1 rings (SSSR count). The first-order valence-electron chi connectivity index (χ1n) is 5.86. The molecule has 0 spiro atoms. The van der Waals surface area contributed by atoms with Crippen molar-refractivity contribution in [2.24, 2.45) is 11.7 Å². The molecule has 2 amide bonds. The first-order valence-corrected chi connectivity index (χ1v) is 5.86. The lowest BCUT2D eigenvalue weighted by Gasteiger charge is -2.22. The van der Waals surface area contributed by atoms with Gasteiger partial charge in [-0.3, -0.25) is 9.59 Å². The number of nitrogens with one attached hydrogen (secondary N) is 1. The molecule has 2 atom stereocenters. The van der Waals surface area contributed by atoms with Crippen LogP contribution in [0.5, 0.6) is 0 Å². The summed E-state index contributed by atoms with van der Waals surface area (Å²) in [4.78, 5) is 26.7. The van der Waals surface area contributed by atoms with E-state index in [1.807, 2.05) is 14.1 Å². The number of amides is 2. The normalized spacial score (nSPS) is 24.2. The molecule has 1 fully saturated rings. The number of carbonyl (C=O) groups is 2. The molecule has 6 heteroatoms. The standard InChI is InChI=1S/C11H22N4O2/c1-8-6-15(7-9(8)14(2)3)11(17)5-13-10(16)4-12/h8-9H,4-7,12H2,1-3H3,(H,13,16). The molecule has 0 radical (unpaired) electrons. The Labute approximate surface area is 102 Å². The summed E-state index contributed by atoms with van der Waals surface area (Å²) < 4.78 is 0. The van der Waals surface area contributed by atoms with E-state index in [-0.39, 0.29) is 24.9 Å². The molecule has 2 unspecified atom stereocenters. The summed E-state index contributed by atoms with van der Waals surface area (Å²) in [6, 6.07) is 0.393. The van der Waals surface area contributed by atoms with Gasteiger partial charge in [-0.2, -0.15) is 0 Å². The minimum absolute atomic E-state index is 0.0389. The molecule has 0 aromatic rings. The minimum atomic E-state index is -0.297. The highest BCUT2D eigenvalue weighted by Gasteiger charge is 2.33. The van der Waals surface area contributed by atoms with Crippen LogP contribution in [-0.4, -0.2) is 67.9 Å². The summed E-state index contributed by atoms with van der Waals surface area (Å²) in [7, 11) is 4.04. The van der Waals surface area contributed by atoms with Gasteiger partial charge in [-0.1, -0.05) is 6.92 Å². The number of carbonyl (C=O) groups excluding carboxylic acids is 2. The van der Waals surface area contributed by atoms with Crippen molar-refractivity contribution in [3.8, 4) is 0 Å². The van der Waals surface area contributed by atoms with Crippen molar-refractivity contribution in [2.75, 3.05) is 40.3 Å². The predicted octanol–water partition coefficient (Wildman–Crippen LogP) is -1.53. The molecule has 6 nitrogen and oxygen atoms in total. The smallest absolute Gasteiger partial charge is 0.242 e. The van der Waals surface area contributed by atoms with Crippen molar-refractivity contribution < 1.29 is 9.59 Å². The second-order valence-electron chi connectivity index (χ2n) is 4.79. The van der Waals surface area contributed by atoms with Gasteiger partial charge in [-0.05, 0) is 20.0 Å². The van der Waals surface area contributed by atoms with Crippen molar-refractivity contribution in [1.82, 2.24) is 15.1 Å². The van der Waals surface area contributed by atoms with Gasteiger partial charge in [-0.15, -0.1) is 0 Å². The summed E-state index contributed by atoms with van der Waals surface area (Å²) in [5, 5.41) is 2.50. The van der Waals surface area contributed by atoms with Crippen LogP contribution in [0.15, 0.2) is 0 Å². The van der Waals surface area contributed by atoms with E-state index >= 15 is 0 Å². The van der Waals surface area contributed by atoms with Crippen LogP contribution in [0.25, 0.3) is 0 Å². The number of nitrogens with two attached hydrogens (primary N) is 1. The number of nitrogens with zero attached hydrogens (tertiary/aromatic N) is 2. The molecule has 0 saturated carbocycles. The average molecular weight is 242 g/mol. The van der Waals surface area contributed by atoms with E-state index in [9.17, 15) is 9.59 Å². The molecule has 1 aliphatic heterocycles. The van der Waals surface area contributed by atoms with Crippen LogP contribution in [0.1, 0.15) is 6.92 Å². The number of rotatable bonds is 4. The Kier molecular flexibility index (Phi) is 4.89. The van der Waals surface area contributed by atoms with Gasteiger partial charge in [0.1, 0.15) is 0 Å². The molecule has 1 saturated heterocycles. The monoisotopic (exact) mass is 242 g/mol. The lowest BCUT2D eigenvalue weighted by Crippen LogP contribution is -2.42. The van der Waals surface area contributed by atoms with E-state index in [0.717, 1.165) is 13.1 Å². The fourth-order valence-electron chi connectivity index (χ4n) is 2.18. The van der Waals surface area contributed by atoms with E-state index < -0.39 is 0 Å². The summed E-state index contributed by atoms with van der Waals surface area (Å²) in [6.45, 7) is 3.58. The zero-order valence-corrected chi connectivity index (χ0v) is 10.8. The van der Waals surface area contributed by atoms with Crippen LogP contribution in [0.4, 0.5) is 0 Å². The van der Waals surface area contributed by atoms with Crippen LogP contribution in [-0.2, 0) is 9.59 Å². The van der Waals surface area contributed by atoms with Gasteiger partial charge >= 0.3 is 0 Å². The third kappa shape index (κ3) is 3.67. The van der Waals surface area contributed by atoms with E-state index in [4.69, 9.17) is 5.73 Å². The third-order valence-corrected chi connectivity index (χ3v) is 3.21. The van der Waals surface area contributed by atoms with Crippen molar-refractivity contribution in [2.45, 2.75) is 13.0 Å². The van der Waals surface area contributed by atoms with Crippen molar-refractivity contribution in [3.05, 3.63) is 0 Å². The topological polar surface area (TPSA) is 78.7 Å². The first kappa shape index (κ1) is 13.9. The highest BCUT2D eigenvalue weighted by molar-refractivity contribution is 5.85. The fourth-order valence-corrected chi connectivity index (χ4v) is 2.18. The van der Waals surface area contributed by atoms with Crippen LogP contribution in [0, 0.1) is 5.92 Å². The molecular weight excluding hydrogens is 220 g/mol. The van der Waals surface area contributed by atoms with Crippen LogP contribution >= 0.6 is 0 Å². The molecule has 0 aliphatic carbocycles. The second-order valence-corrected chi connectivity index (χ2v) is 4.79. The van der Waals surface area contributed by atoms with E-state index in [0.29, 0.717) is 12.0 Å². The average Bonchev–Trinajstić information content (AvgIpc) is 2.67. The van der Waals surface area contributed by atoms with E-state index in [2.05, 4.69) is 17.1 Å². The Morgan fingerprint density at radius 3 is 2.53 bits per heavy atom. The summed E-state index contributed by atoms with van der Waals surface area (Å²) >= 11 is 0. The number of likely N-dealkylation sites (tertiary alicyclic amines) is 1. The molecule has 3 N–H and O–H groups in total. The first-order chi connectivity index (χ1) is 7.95. The van der Waals surface area contributed by atoms with E-state index in [1.165, 1.54) is 0 Å². The third-order valence-electron chi connectivity index (χ3n) is 3.21. The lowest BCUT2D eigenvalue weighted by atomic mass is 10.1. The van der Waals surface area contributed by atoms with Gasteiger partial charge in [0.15, 0.2) is 0 Å².